The van der Waals surface area contributed by atoms with Gasteiger partial charge in [0.05, 0.1) is 28.4 Å². The highest BCUT2D eigenvalue weighted by molar-refractivity contribution is 9.10. The van der Waals surface area contributed by atoms with Crippen LogP contribution >= 0.6 is 39.7 Å². The molecule has 1 aliphatic heterocycles. The van der Waals surface area contributed by atoms with Gasteiger partial charge in [-0.3, -0.25) is 19.8 Å². The Morgan fingerprint density at radius 2 is 2.00 bits per heavy atom. The molecule has 0 unspecified atom stereocenters. The molecule has 1 fully saturated rings. The summed E-state index contributed by atoms with van der Waals surface area (Å²) in [5.74, 6) is -0.133. The second-order valence-electron chi connectivity index (χ2n) is 6.78. The topological polar surface area (TPSA) is 67.9 Å². The number of hydrogen-bond acceptors (Lipinski definition) is 5. The van der Waals surface area contributed by atoms with E-state index < -0.39 is 11.8 Å². The van der Waals surface area contributed by atoms with E-state index in [2.05, 4.69) is 21.2 Å². The Balaban J connectivity index is 2.03. The predicted octanol–water partition coefficient (Wildman–Crippen LogP) is 5.12. The average Bonchev–Trinajstić information content (AvgIpc) is 2.73. The van der Waals surface area contributed by atoms with E-state index in [4.69, 9.17) is 33.3 Å². The molecule has 1 saturated heterocycles. The molecule has 2 aromatic carbocycles. The second kappa shape index (κ2) is 9.80. The minimum absolute atomic E-state index is 0.00899. The molecule has 31 heavy (non-hydrogen) atoms. The molecule has 3 rings (SSSR count). The lowest BCUT2D eigenvalue weighted by atomic mass is 10.1. The first kappa shape index (κ1) is 23.2. The number of hydrogen-bond donors (Lipinski definition) is 1. The van der Waals surface area contributed by atoms with Gasteiger partial charge < -0.3 is 9.47 Å². The zero-order valence-electron chi connectivity index (χ0n) is 17.1. The summed E-state index contributed by atoms with van der Waals surface area (Å²) in [6.45, 7) is 3.98. The number of methoxy groups -OCH3 is 1. The molecule has 2 amide bonds. The first-order valence-electron chi connectivity index (χ1n) is 9.47. The zero-order valence-corrected chi connectivity index (χ0v) is 20.2. The number of carbonyl (C=O) groups is 2. The number of anilines is 1. The maximum atomic E-state index is 13.2. The Kier molecular flexibility index (Phi) is 7.35. The predicted molar refractivity (Wildman–Crippen MR) is 129 cm³/mol. The Labute approximate surface area is 199 Å². The smallest absolute Gasteiger partial charge is 0.270 e. The number of thiocarbonyl (C=S) groups is 1. The summed E-state index contributed by atoms with van der Waals surface area (Å²) in [7, 11) is 1.53. The van der Waals surface area contributed by atoms with Gasteiger partial charge in [-0.15, -0.1) is 0 Å². The molecule has 9 heteroatoms. The van der Waals surface area contributed by atoms with Crippen molar-refractivity contribution in [1.82, 2.24) is 5.32 Å². The third-order valence-corrected chi connectivity index (χ3v) is 5.85. The molecule has 1 N–H and O–H groups in total. The van der Waals surface area contributed by atoms with Crippen LogP contribution in [0.4, 0.5) is 5.69 Å². The van der Waals surface area contributed by atoms with Crippen LogP contribution in [0, 0.1) is 0 Å². The molecule has 1 heterocycles. The van der Waals surface area contributed by atoms with Crippen molar-refractivity contribution in [3.63, 3.8) is 0 Å². The van der Waals surface area contributed by atoms with Crippen molar-refractivity contribution in [1.29, 1.82) is 0 Å². The van der Waals surface area contributed by atoms with Crippen LogP contribution in [0.25, 0.3) is 6.08 Å². The highest BCUT2D eigenvalue weighted by Gasteiger charge is 2.35. The summed E-state index contributed by atoms with van der Waals surface area (Å²) in [5, 5.41) is 2.85. The molecule has 0 aliphatic carbocycles. The van der Waals surface area contributed by atoms with Gasteiger partial charge in [0.15, 0.2) is 16.6 Å². The largest absolute Gasteiger partial charge is 0.493 e. The van der Waals surface area contributed by atoms with Crippen molar-refractivity contribution in [2.45, 2.75) is 26.4 Å². The number of rotatable bonds is 6. The highest BCUT2D eigenvalue weighted by atomic mass is 79.9. The van der Waals surface area contributed by atoms with Crippen molar-refractivity contribution >= 4 is 68.4 Å². The van der Waals surface area contributed by atoms with Crippen molar-refractivity contribution in [2.75, 3.05) is 12.0 Å². The lowest BCUT2D eigenvalue weighted by Crippen LogP contribution is -2.54. The minimum Gasteiger partial charge on any atom is -0.493 e. The third kappa shape index (κ3) is 4.92. The number of nitrogens with one attached hydrogen (secondary N) is 1. The summed E-state index contributed by atoms with van der Waals surface area (Å²) in [6, 6.07) is 10.2. The van der Waals surface area contributed by atoms with Crippen LogP contribution in [0.2, 0.25) is 5.02 Å². The van der Waals surface area contributed by atoms with Gasteiger partial charge >= 0.3 is 0 Å². The van der Waals surface area contributed by atoms with Crippen LogP contribution in [-0.4, -0.2) is 30.1 Å². The number of ether oxygens (including phenoxy) is 2. The number of para-hydroxylation sites is 1. The van der Waals surface area contributed by atoms with E-state index >= 15 is 0 Å². The summed E-state index contributed by atoms with van der Waals surface area (Å²) < 4.78 is 12.0. The quantitative estimate of drug-likeness (QED) is 0.323. The molecular formula is C22H20BrClN2O4S. The third-order valence-electron chi connectivity index (χ3n) is 4.65. The Morgan fingerprint density at radius 1 is 1.29 bits per heavy atom. The van der Waals surface area contributed by atoms with E-state index in [9.17, 15) is 9.59 Å². The monoisotopic (exact) mass is 522 g/mol. The van der Waals surface area contributed by atoms with E-state index in [0.29, 0.717) is 32.2 Å². The maximum Gasteiger partial charge on any atom is 0.270 e. The fourth-order valence-corrected chi connectivity index (χ4v) is 3.95. The summed E-state index contributed by atoms with van der Waals surface area (Å²) >= 11 is 14.9. The van der Waals surface area contributed by atoms with E-state index in [1.54, 1.807) is 36.4 Å². The van der Waals surface area contributed by atoms with Gasteiger partial charge in [-0.25, -0.2) is 0 Å². The number of nitrogens with zero attached hydrogens (tertiary/aromatic N) is 1. The fraction of sp³-hybridized carbons (Fsp3) is 0.227. The number of amides is 2. The first-order valence-corrected chi connectivity index (χ1v) is 11.0. The van der Waals surface area contributed by atoms with Gasteiger partial charge in [0.1, 0.15) is 5.57 Å². The normalized spacial score (nSPS) is 16.4. The van der Waals surface area contributed by atoms with Crippen molar-refractivity contribution < 1.29 is 19.1 Å². The van der Waals surface area contributed by atoms with E-state index in [1.807, 2.05) is 13.8 Å². The number of halogens is 2. The van der Waals surface area contributed by atoms with Crippen molar-refractivity contribution in [2.24, 2.45) is 0 Å². The average molecular weight is 524 g/mol. The van der Waals surface area contributed by atoms with Crippen molar-refractivity contribution in [3.8, 4) is 11.5 Å². The zero-order chi connectivity index (χ0) is 22.7. The van der Waals surface area contributed by atoms with Crippen LogP contribution in [0.3, 0.4) is 0 Å². The lowest BCUT2D eigenvalue weighted by molar-refractivity contribution is -0.122. The molecule has 1 atom stereocenters. The second-order valence-corrected chi connectivity index (χ2v) is 8.43. The fourth-order valence-electron chi connectivity index (χ4n) is 2.90. The summed E-state index contributed by atoms with van der Waals surface area (Å²) in [5.41, 5.74) is 0.879. The van der Waals surface area contributed by atoms with Crippen LogP contribution in [0.15, 0.2) is 46.4 Å². The van der Waals surface area contributed by atoms with Gasteiger partial charge in [0, 0.05) is 0 Å². The van der Waals surface area contributed by atoms with Crippen molar-refractivity contribution in [3.05, 3.63) is 57.0 Å². The molecule has 0 saturated carbocycles. The van der Waals surface area contributed by atoms with Gasteiger partial charge in [-0.1, -0.05) is 30.7 Å². The molecule has 162 valence electrons. The molecule has 0 bridgehead atoms. The Hall–Kier alpha value is -2.42. The molecule has 0 spiro atoms. The van der Waals surface area contributed by atoms with Crippen LogP contribution in [0.5, 0.6) is 11.5 Å². The minimum atomic E-state index is -0.590. The molecule has 2 aromatic rings. The van der Waals surface area contributed by atoms with E-state index in [1.165, 1.54) is 18.1 Å². The number of carbonyl (C=O) groups excluding carboxylic acids is 2. The van der Waals surface area contributed by atoms with E-state index in [0.717, 1.165) is 6.42 Å². The van der Waals surface area contributed by atoms with Gasteiger partial charge in [0.2, 0.25) is 0 Å². The maximum absolute atomic E-state index is 13.2. The SMILES string of the molecule is CC[C@H](C)Oc1c(Br)cc(/C=C2\C(=O)NC(=S)N(c3ccccc3Cl)C2=O)cc1OC. The number of benzene rings is 2. The van der Waals surface area contributed by atoms with Gasteiger partial charge in [-0.2, -0.15) is 0 Å². The van der Waals surface area contributed by atoms with Crippen LogP contribution < -0.4 is 19.7 Å². The molecule has 1 aliphatic rings. The lowest BCUT2D eigenvalue weighted by Gasteiger charge is -2.29. The van der Waals surface area contributed by atoms with Gasteiger partial charge in [0.25, 0.3) is 11.8 Å². The Morgan fingerprint density at radius 3 is 2.65 bits per heavy atom. The highest BCUT2D eigenvalue weighted by Crippen LogP contribution is 2.38. The van der Waals surface area contributed by atoms with Crippen LogP contribution in [-0.2, 0) is 9.59 Å². The standard InChI is InChI=1S/C22H20BrClN2O4S/c1-4-12(2)30-19-15(23)10-13(11-18(19)29-3)9-14-20(27)25-22(31)26(21(14)28)17-8-6-5-7-16(17)24/h5-12H,4H2,1-3H3,(H,25,27,31)/b14-9+/t12-/m0/s1. The van der Waals surface area contributed by atoms with Gasteiger partial charge in [-0.05, 0) is 77.4 Å². The molecular weight excluding hydrogens is 504 g/mol. The summed E-state index contributed by atoms with van der Waals surface area (Å²) in [4.78, 5) is 26.9. The molecule has 6 nitrogen and oxygen atoms in total. The first-order chi connectivity index (χ1) is 14.8. The van der Waals surface area contributed by atoms with E-state index in [-0.39, 0.29) is 16.8 Å². The molecule has 0 aromatic heterocycles. The molecule has 0 radical (unpaired) electrons. The Bertz CT molecular complexity index is 1090. The summed E-state index contributed by atoms with van der Waals surface area (Å²) in [6.07, 6.45) is 2.29. The van der Waals surface area contributed by atoms with Crippen LogP contribution in [0.1, 0.15) is 25.8 Å².